The molecule has 2 N–H and O–H groups in total. The standard InChI is InChI=1S/C18H18N4O4/c23-13-2-1-12(15(24)21-13)22-16(25)10-5-9-6-18(3-4-19-8-18)7-11(9)20-14(10)17(22)26/h5,12,19H,1-4,6-8H2,(H,21,23,24)/t12?,18-/m0/s1. The number of carbonyl (C=O) groups excluding carboxylic acids is 4. The summed E-state index contributed by atoms with van der Waals surface area (Å²) in [6, 6.07) is 0.846. The number of imide groups is 2. The van der Waals surface area contributed by atoms with E-state index in [1.807, 2.05) is 0 Å². The highest BCUT2D eigenvalue weighted by molar-refractivity contribution is 6.22. The molecule has 3 aliphatic heterocycles. The minimum atomic E-state index is -0.942. The van der Waals surface area contributed by atoms with Gasteiger partial charge in [-0.1, -0.05) is 0 Å². The lowest BCUT2D eigenvalue weighted by Gasteiger charge is -2.27. The van der Waals surface area contributed by atoms with E-state index in [9.17, 15) is 19.2 Å². The van der Waals surface area contributed by atoms with Crippen molar-refractivity contribution >= 4 is 23.6 Å². The van der Waals surface area contributed by atoms with Gasteiger partial charge in [0.05, 0.1) is 5.56 Å². The van der Waals surface area contributed by atoms with E-state index < -0.39 is 23.8 Å². The molecule has 2 atom stereocenters. The third-order valence-corrected chi connectivity index (χ3v) is 6.02. The summed E-state index contributed by atoms with van der Waals surface area (Å²) in [5.74, 6) is -2.00. The van der Waals surface area contributed by atoms with Gasteiger partial charge in [0.15, 0.2) is 0 Å². The monoisotopic (exact) mass is 354 g/mol. The summed E-state index contributed by atoms with van der Waals surface area (Å²) in [4.78, 5) is 54.6. The van der Waals surface area contributed by atoms with E-state index in [0.29, 0.717) is 0 Å². The average molecular weight is 354 g/mol. The number of carbonyl (C=O) groups is 4. The van der Waals surface area contributed by atoms with E-state index >= 15 is 0 Å². The second-order valence-corrected chi connectivity index (χ2v) is 7.72. The van der Waals surface area contributed by atoms with Gasteiger partial charge < -0.3 is 5.32 Å². The van der Waals surface area contributed by atoms with Crippen LogP contribution in [0, 0.1) is 5.41 Å². The smallest absolute Gasteiger partial charge is 0.280 e. The molecule has 26 heavy (non-hydrogen) atoms. The molecule has 134 valence electrons. The van der Waals surface area contributed by atoms with Gasteiger partial charge in [0.25, 0.3) is 11.8 Å². The lowest BCUT2D eigenvalue weighted by Crippen LogP contribution is -2.54. The molecule has 4 amide bonds. The van der Waals surface area contributed by atoms with Crippen LogP contribution in [-0.4, -0.2) is 52.6 Å². The number of hydrogen-bond acceptors (Lipinski definition) is 6. The van der Waals surface area contributed by atoms with E-state index in [0.717, 1.165) is 48.5 Å². The minimum absolute atomic E-state index is 0.114. The van der Waals surface area contributed by atoms with E-state index in [-0.39, 0.29) is 35.4 Å². The number of rotatable bonds is 1. The largest absolute Gasteiger partial charge is 0.316 e. The third-order valence-electron chi connectivity index (χ3n) is 6.02. The number of pyridine rings is 1. The molecule has 1 aromatic heterocycles. The normalized spacial score (nSPS) is 30.2. The van der Waals surface area contributed by atoms with E-state index in [2.05, 4.69) is 15.6 Å². The van der Waals surface area contributed by atoms with Gasteiger partial charge in [0.2, 0.25) is 11.8 Å². The highest BCUT2D eigenvalue weighted by Gasteiger charge is 2.48. The molecular formula is C18H18N4O4. The Morgan fingerprint density at radius 3 is 2.73 bits per heavy atom. The molecule has 0 saturated carbocycles. The average Bonchev–Trinajstić information content (AvgIpc) is 3.26. The maximum absolute atomic E-state index is 12.8. The van der Waals surface area contributed by atoms with Crippen LogP contribution in [-0.2, 0) is 22.4 Å². The second kappa shape index (κ2) is 5.20. The summed E-state index contributed by atoms with van der Waals surface area (Å²) in [7, 11) is 0. The molecule has 2 saturated heterocycles. The first kappa shape index (κ1) is 15.6. The molecule has 8 heteroatoms. The maximum Gasteiger partial charge on any atom is 0.280 e. The van der Waals surface area contributed by atoms with Crippen molar-refractivity contribution in [2.24, 2.45) is 5.41 Å². The molecule has 1 aromatic rings. The van der Waals surface area contributed by atoms with Crippen LogP contribution in [0.1, 0.15) is 51.4 Å². The van der Waals surface area contributed by atoms with Crippen LogP contribution in [0.25, 0.3) is 0 Å². The first-order valence-electron chi connectivity index (χ1n) is 8.93. The number of fused-ring (bicyclic) bond motifs is 2. The number of aromatic nitrogens is 1. The predicted octanol–water partition coefficient (Wildman–Crippen LogP) is -0.439. The van der Waals surface area contributed by atoms with Gasteiger partial charge in [-0.25, -0.2) is 4.98 Å². The van der Waals surface area contributed by atoms with Crippen molar-refractivity contribution in [2.75, 3.05) is 13.1 Å². The molecule has 8 nitrogen and oxygen atoms in total. The number of amides is 4. The molecule has 0 bridgehead atoms. The van der Waals surface area contributed by atoms with Crippen molar-refractivity contribution < 1.29 is 19.2 Å². The van der Waals surface area contributed by atoms with Crippen LogP contribution < -0.4 is 10.6 Å². The van der Waals surface area contributed by atoms with Crippen molar-refractivity contribution in [1.82, 2.24) is 20.5 Å². The number of nitrogens with zero attached hydrogens (tertiary/aromatic N) is 2. The highest BCUT2D eigenvalue weighted by Crippen LogP contribution is 2.42. The van der Waals surface area contributed by atoms with Gasteiger partial charge in [0.1, 0.15) is 11.7 Å². The van der Waals surface area contributed by atoms with Crippen molar-refractivity contribution in [1.29, 1.82) is 0 Å². The third kappa shape index (κ3) is 2.08. The fourth-order valence-electron chi connectivity index (χ4n) is 4.69. The first-order chi connectivity index (χ1) is 12.5. The Hall–Kier alpha value is -2.61. The molecule has 1 aliphatic carbocycles. The zero-order valence-corrected chi connectivity index (χ0v) is 14.1. The Labute approximate surface area is 149 Å². The summed E-state index contributed by atoms with van der Waals surface area (Å²) < 4.78 is 0. The van der Waals surface area contributed by atoms with Crippen LogP contribution in [0.15, 0.2) is 6.07 Å². The van der Waals surface area contributed by atoms with Crippen molar-refractivity contribution in [3.63, 3.8) is 0 Å². The molecule has 2 fully saturated rings. The van der Waals surface area contributed by atoms with Crippen LogP contribution in [0.4, 0.5) is 0 Å². The summed E-state index contributed by atoms with van der Waals surface area (Å²) in [5, 5.41) is 5.58. The summed E-state index contributed by atoms with van der Waals surface area (Å²) in [6.45, 7) is 1.91. The first-order valence-corrected chi connectivity index (χ1v) is 8.93. The topological polar surface area (TPSA) is 108 Å². The van der Waals surface area contributed by atoms with E-state index in [1.165, 1.54) is 0 Å². The molecular weight excluding hydrogens is 336 g/mol. The predicted molar refractivity (Wildman–Crippen MR) is 88.2 cm³/mol. The van der Waals surface area contributed by atoms with Crippen molar-refractivity contribution in [3.8, 4) is 0 Å². The van der Waals surface area contributed by atoms with E-state index in [1.54, 1.807) is 6.07 Å². The van der Waals surface area contributed by atoms with E-state index in [4.69, 9.17) is 0 Å². The van der Waals surface area contributed by atoms with Crippen LogP contribution in [0.3, 0.4) is 0 Å². The van der Waals surface area contributed by atoms with Crippen molar-refractivity contribution in [3.05, 3.63) is 28.6 Å². The molecule has 0 aromatic carbocycles. The molecule has 1 spiro atoms. The lowest BCUT2D eigenvalue weighted by molar-refractivity contribution is -0.136. The Bertz CT molecular complexity index is 840. The maximum atomic E-state index is 12.8. The molecule has 4 aliphatic rings. The number of hydrogen-bond donors (Lipinski definition) is 2. The fourth-order valence-corrected chi connectivity index (χ4v) is 4.69. The Morgan fingerprint density at radius 2 is 2.00 bits per heavy atom. The fraction of sp³-hybridized carbons (Fsp3) is 0.500. The van der Waals surface area contributed by atoms with Gasteiger partial charge in [-0.3, -0.25) is 29.4 Å². The van der Waals surface area contributed by atoms with Gasteiger partial charge >= 0.3 is 0 Å². The molecule has 4 heterocycles. The van der Waals surface area contributed by atoms with Crippen LogP contribution in [0.2, 0.25) is 0 Å². The Morgan fingerprint density at radius 1 is 1.15 bits per heavy atom. The summed E-state index contributed by atoms with van der Waals surface area (Å²) >= 11 is 0. The lowest BCUT2D eigenvalue weighted by atomic mass is 9.84. The van der Waals surface area contributed by atoms with Gasteiger partial charge in [0, 0.05) is 18.7 Å². The molecule has 5 rings (SSSR count). The van der Waals surface area contributed by atoms with Crippen molar-refractivity contribution in [2.45, 2.75) is 38.1 Å². The Kier molecular flexibility index (Phi) is 3.13. The summed E-state index contributed by atoms with van der Waals surface area (Å²) in [5.41, 5.74) is 2.49. The molecule has 0 radical (unpaired) electrons. The molecule has 1 unspecified atom stereocenters. The number of piperidine rings is 1. The van der Waals surface area contributed by atoms with Gasteiger partial charge in [-0.05, 0) is 49.3 Å². The van der Waals surface area contributed by atoms with Crippen LogP contribution in [0.5, 0.6) is 0 Å². The zero-order valence-electron chi connectivity index (χ0n) is 14.1. The van der Waals surface area contributed by atoms with Crippen LogP contribution >= 0.6 is 0 Å². The highest BCUT2D eigenvalue weighted by atomic mass is 16.2. The zero-order chi connectivity index (χ0) is 18.1. The summed E-state index contributed by atoms with van der Waals surface area (Å²) in [6.07, 6.45) is 3.00. The SMILES string of the molecule is O=C1CCC(N2C(=O)c3cc4c(nc3C2=O)C[C@]2(CCNC2)C4)C(=O)N1. The number of nitrogens with one attached hydrogen (secondary N) is 2. The minimum Gasteiger partial charge on any atom is -0.316 e. The quantitative estimate of drug-likeness (QED) is 0.662. The second-order valence-electron chi connectivity index (χ2n) is 7.72. The van der Waals surface area contributed by atoms with Gasteiger partial charge in [-0.2, -0.15) is 0 Å². The van der Waals surface area contributed by atoms with Gasteiger partial charge in [-0.15, -0.1) is 0 Å². The Balaban J connectivity index is 1.48.